The topological polar surface area (TPSA) is 49.9 Å². The number of carbonyl (C=O) groups is 2. The van der Waals surface area contributed by atoms with Crippen LogP contribution in [-0.4, -0.2) is 47.1 Å². The number of benzene rings is 1. The zero-order valence-electron chi connectivity index (χ0n) is 16.3. The van der Waals surface area contributed by atoms with E-state index in [1.54, 1.807) is 22.7 Å². The molecule has 0 N–H and O–H groups in total. The first-order valence-corrected chi connectivity index (χ1v) is 10.2. The average molecular weight is 387 g/mol. The number of hydrogen-bond donors (Lipinski definition) is 0. The molecule has 1 fully saturated rings. The number of carbonyl (C=O) groups excluding carboxylic acids is 2. The number of fused-ring (bicyclic) bond motifs is 1. The molecule has 1 aromatic rings. The second kappa shape index (κ2) is 8.21. The van der Waals surface area contributed by atoms with E-state index in [1.165, 1.54) is 0 Å². The van der Waals surface area contributed by atoms with Crippen LogP contribution in [0, 0.1) is 5.92 Å². The van der Waals surface area contributed by atoms with Crippen LogP contribution in [0.4, 0.5) is 0 Å². The van der Waals surface area contributed by atoms with Crippen molar-refractivity contribution < 1.29 is 14.3 Å². The Bertz CT molecular complexity index is 786. The summed E-state index contributed by atoms with van der Waals surface area (Å²) in [5.41, 5.74) is 2.79. The molecule has 1 unspecified atom stereocenters. The van der Waals surface area contributed by atoms with Gasteiger partial charge < -0.3 is 14.5 Å². The van der Waals surface area contributed by atoms with E-state index in [9.17, 15) is 9.59 Å². The standard InChI is InChI=1S/C21H26N2O3S/c1-14(2)26-21(25)19-15(3)11-23-17(13-27-20(19)23)10-18(24)22(4)12-16-8-6-5-7-9-16/h5-10,14-15H,11-13H2,1-4H3. The largest absolute Gasteiger partial charge is 0.460 e. The van der Waals surface area contributed by atoms with Crippen LogP contribution >= 0.6 is 11.8 Å². The minimum absolute atomic E-state index is 0.0263. The summed E-state index contributed by atoms with van der Waals surface area (Å²) in [4.78, 5) is 28.9. The summed E-state index contributed by atoms with van der Waals surface area (Å²) in [5.74, 6) is 0.531. The number of likely N-dealkylation sites (N-methyl/N-ethyl adjacent to an activating group) is 1. The van der Waals surface area contributed by atoms with E-state index in [0.717, 1.165) is 21.9 Å². The van der Waals surface area contributed by atoms with E-state index in [4.69, 9.17) is 4.74 Å². The van der Waals surface area contributed by atoms with Crippen LogP contribution in [0.25, 0.3) is 0 Å². The highest BCUT2D eigenvalue weighted by Gasteiger charge is 2.39. The molecule has 144 valence electrons. The lowest BCUT2D eigenvalue weighted by molar-refractivity contribution is -0.143. The lowest BCUT2D eigenvalue weighted by Gasteiger charge is -2.19. The fraction of sp³-hybridized carbons (Fsp3) is 0.429. The highest BCUT2D eigenvalue weighted by atomic mass is 32.2. The molecule has 1 atom stereocenters. The molecule has 3 rings (SSSR count). The second-order valence-electron chi connectivity index (χ2n) is 7.29. The van der Waals surface area contributed by atoms with Crippen molar-refractivity contribution in [1.82, 2.24) is 9.80 Å². The highest BCUT2D eigenvalue weighted by Crippen LogP contribution is 2.45. The Labute approximate surface area is 165 Å². The zero-order valence-corrected chi connectivity index (χ0v) is 17.1. The second-order valence-corrected chi connectivity index (χ2v) is 8.25. The molecule has 2 aliphatic rings. The van der Waals surface area contributed by atoms with Gasteiger partial charge in [-0.3, -0.25) is 4.79 Å². The van der Waals surface area contributed by atoms with Gasteiger partial charge in [0.1, 0.15) is 0 Å². The van der Waals surface area contributed by atoms with Crippen molar-refractivity contribution in [2.45, 2.75) is 33.4 Å². The van der Waals surface area contributed by atoms with Gasteiger partial charge in [0.15, 0.2) is 0 Å². The average Bonchev–Trinajstić information content (AvgIpc) is 3.13. The summed E-state index contributed by atoms with van der Waals surface area (Å²) in [7, 11) is 1.81. The third kappa shape index (κ3) is 4.38. The number of hydrogen-bond acceptors (Lipinski definition) is 5. The number of ether oxygens (including phenoxy) is 1. The molecule has 27 heavy (non-hydrogen) atoms. The summed E-state index contributed by atoms with van der Waals surface area (Å²) in [6.45, 7) is 7.03. The van der Waals surface area contributed by atoms with Crippen molar-refractivity contribution in [2.75, 3.05) is 19.3 Å². The minimum Gasteiger partial charge on any atom is -0.460 e. The van der Waals surface area contributed by atoms with Gasteiger partial charge in [0.25, 0.3) is 0 Å². The molecule has 0 aromatic heterocycles. The normalized spacial score (nSPS) is 20.4. The lowest BCUT2D eigenvalue weighted by Crippen LogP contribution is -2.26. The van der Waals surface area contributed by atoms with Gasteiger partial charge in [-0.2, -0.15) is 0 Å². The third-order valence-electron chi connectivity index (χ3n) is 4.62. The summed E-state index contributed by atoms with van der Waals surface area (Å²) < 4.78 is 5.40. The molecule has 0 spiro atoms. The predicted molar refractivity (Wildman–Crippen MR) is 108 cm³/mol. The number of nitrogens with zero attached hydrogens (tertiary/aromatic N) is 2. The fourth-order valence-corrected chi connectivity index (χ4v) is 4.61. The van der Waals surface area contributed by atoms with Crippen molar-refractivity contribution in [1.29, 1.82) is 0 Å². The molecule has 0 radical (unpaired) electrons. The number of esters is 1. The van der Waals surface area contributed by atoms with Crippen LogP contribution in [0.3, 0.4) is 0 Å². The van der Waals surface area contributed by atoms with Gasteiger partial charge in [-0.1, -0.05) is 37.3 Å². The van der Waals surface area contributed by atoms with Crippen LogP contribution in [0.1, 0.15) is 26.3 Å². The Morgan fingerprint density at radius 3 is 2.70 bits per heavy atom. The maximum absolute atomic E-state index is 12.6. The molecule has 1 saturated heterocycles. The predicted octanol–water partition coefficient (Wildman–Crippen LogP) is 3.39. The zero-order chi connectivity index (χ0) is 19.6. The SMILES string of the molecule is CC(C)OC(=O)C1=C2SCC(=CC(=O)N(C)Cc3ccccc3)N2CC1C. The van der Waals surface area contributed by atoms with Crippen molar-refractivity contribution in [3.05, 3.63) is 58.3 Å². The Morgan fingerprint density at radius 2 is 2.04 bits per heavy atom. The lowest BCUT2D eigenvalue weighted by atomic mass is 10.1. The van der Waals surface area contributed by atoms with Gasteiger partial charge in [0, 0.05) is 43.6 Å². The molecule has 1 aromatic carbocycles. The Morgan fingerprint density at radius 1 is 1.33 bits per heavy atom. The molecule has 6 heteroatoms. The molecule has 2 aliphatic heterocycles. The van der Waals surface area contributed by atoms with Gasteiger partial charge in [0.05, 0.1) is 16.7 Å². The first-order chi connectivity index (χ1) is 12.9. The maximum atomic E-state index is 12.6. The molecular formula is C21H26N2O3S. The van der Waals surface area contributed by atoms with Gasteiger partial charge in [0.2, 0.25) is 5.91 Å². The summed E-state index contributed by atoms with van der Waals surface area (Å²) >= 11 is 1.61. The van der Waals surface area contributed by atoms with Crippen LogP contribution in [-0.2, 0) is 20.9 Å². The monoisotopic (exact) mass is 386 g/mol. The first kappa shape index (κ1) is 19.5. The van der Waals surface area contributed by atoms with Crippen LogP contribution in [0.2, 0.25) is 0 Å². The number of amides is 1. The third-order valence-corrected chi connectivity index (χ3v) is 5.77. The molecular weight excluding hydrogens is 360 g/mol. The quantitative estimate of drug-likeness (QED) is 0.573. The molecule has 0 bridgehead atoms. The highest BCUT2D eigenvalue weighted by molar-refractivity contribution is 8.03. The maximum Gasteiger partial charge on any atom is 0.337 e. The van der Waals surface area contributed by atoms with Crippen molar-refractivity contribution in [3.8, 4) is 0 Å². The smallest absolute Gasteiger partial charge is 0.337 e. The number of rotatable bonds is 5. The van der Waals surface area contributed by atoms with Crippen molar-refractivity contribution >= 4 is 23.6 Å². The van der Waals surface area contributed by atoms with E-state index < -0.39 is 0 Å². The summed E-state index contributed by atoms with van der Waals surface area (Å²) in [6, 6.07) is 9.93. The van der Waals surface area contributed by atoms with Gasteiger partial charge in [-0.05, 0) is 19.4 Å². The molecule has 2 heterocycles. The molecule has 0 aliphatic carbocycles. The molecule has 0 saturated carbocycles. The van der Waals surface area contributed by atoms with Crippen LogP contribution < -0.4 is 0 Å². The van der Waals surface area contributed by atoms with E-state index in [0.29, 0.717) is 18.8 Å². The van der Waals surface area contributed by atoms with Crippen LogP contribution in [0.15, 0.2) is 52.7 Å². The van der Waals surface area contributed by atoms with Crippen LogP contribution in [0.5, 0.6) is 0 Å². The Balaban J connectivity index is 1.72. The fourth-order valence-electron chi connectivity index (χ4n) is 3.30. The van der Waals surface area contributed by atoms with Crippen molar-refractivity contribution in [2.24, 2.45) is 5.92 Å². The minimum atomic E-state index is -0.240. The Hall–Kier alpha value is -2.21. The molecule has 1 amide bonds. The van der Waals surface area contributed by atoms with Gasteiger partial charge >= 0.3 is 5.97 Å². The Kier molecular flexibility index (Phi) is 5.95. The number of thioether (sulfide) groups is 1. The van der Waals surface area contributed by atoms with E-state index in [2.05, 4.69) is 4.90 Å². The summed E-state index contributed by atoms with van der Waals surface area (Å²) in [5, 5.41) is 0.943. The molecule has 5 nitrogen and oxygen atoms in total. The van der Waals surface area contributed by atoms with Gasteiger partial charge in [-0.15, -0.1) is 11.8 Å². The first-order valence-electron chi connectivity index (χ1n) is 9.22. The summed E-state index contributed by atoms with van der Waals surface area (Å²) in [6.07, 6.45) is 1.56. The van der Waals surface area contributed by atoms with E-state index in [1.807, 2.05) is 58.2 Å². The van der Waals surface area contributed by atoms with E-state index in [-0.39, 0.29) is 23.9 Å². The van der Waals surface area contributed by atoms with Gasteiger partial charge in [-0.25, -0.2) is 4.79 Å². The van der Waals surface area contributed by atoms with Crippen molar-refractivity contribution in [3.63, 3.8) is 0 Å². The van der Waals surface area contributed by atoms with E-state index >= 15 is 0 Å².